The van der Waals surface area contributed by atoms with E-state index in [0.29, 0.717) is 11.3 Å². The van der Waals surface area contributed by atoms with Crippen LogP contribution in [0.2, 0.25) is 0 Å². The van der Waals surface area contributed by atoms with E-state index in [4.69, 9.17) is 0 Å². The lowest BCUT2D eigenvalue weighted by molar-refractivity contribution is 0.0742. The lowest BCUT2D eigenvalue weighted by Gasteiger charge is -2.25. The van der Waals surface area contributed by atoms with Crippen molar-refractivity contribution in [3.63, 3.8) is 0 Å². The van der Waals surface area contributed by atoms with E-state index >= 15 is 0 Å². The van der Waals surface area contributed by atoms with Gasteiger partial charge in [0.05, 0.1) is 10.9 Å². The number of carbonyl (C=O) groups is 2. The van der Waals surface area contributed by atoms with E-state index in [1.54, 1.807) is 60.5 Å². The lowest BCUT2D eigenvalue weighted by Crippen LogP contribution is -2.30. The van der Waals surface area contributed by atoms with Crippen LogP contribution in [0.3, 0.4) is 0 Å². The van der Waals surface area contributed by atoms with Crippen molar-refractivity contribution in [2.45, 2.75) is 36.7 Å². The zero-order valence-electron chi connectivity index (χ0n) is 16.7. The molecule has 2 aromatic rings. The van der Waals surface area contributed by atoms with Crippen LogP contribution >= 0.6 is 0 Å². The van der Waals surface area contributed by atoms with Gasteiger partial charge in [-0.25, -0.2) is 13.2 Å². The van der Waals surface area contributed by atoms with Gasteiger partial charge < -0.3 is 15.5 Å². The Kier molecular flexibility index (Phi) is 5.93. The largest absolute Gasteiger partial charge is 0.335 e. The Morgan fingerprint density at radius 3 is 2.14 bits per heavy atom. The Bertz CT molecular complexity index is 997. The van der Waals surface area contributed by atoms with Gasteiger partial charge >= 0.3 is 6.03 Å². The summed E-state index contributed by atoms with van der Waals surface area (Å²) >= 11 is 0. The van der Waals surface area contributed by atoms with Crippen LogP contribution in [-0.2, 0) is 9.84 Å². The molecule has 0 heterocycles. The molecule has 0 radical (unpaired) electrons. The van der Waals surface area contributed by atoms with E-state index in [1.807, 2.05) is 6.92 Å². The molecule has 154 valence electrons. The van der Waals surface area contributed by atoms with Crippen LogP contribution in [0.4, 0.5) is 10.5 Å². The Labute approximate surface area is 171 Å². The SMILES string of the molecule is CC(c1ccc(S(C)(=O)=O)cc1)N(C)C(=O)c1ccc(NC(=O)NC2CC2)cc1. The Hall–Kier alpha value is -2.87. The number of rotatable bonds is 6. The zero-order valence-corrected chi connectivity index (χ0v) is 17.5. The summed E-state index contributed by atoms with van der Waals surface area (Å²) in [5.41, 5.74) is 1.95. The molecule has 1 fully saturated rings. The molecule has 1 saturated carbocycles. The van der Waals surface area contributed by atoms with Crippen LogP contribution < -0.4 is 10.6 Å². The zero-order chi connectivity index (χ0) is 21.2. The molecule has 2 N–H and O–H groups in total. The fraction of sp³-hybridized carbons (Fsp3) is 0.333. The number of carbonyl (C=O) groups excluding carboxylic acids is 2. The molecule has 2 aromatic carbocycles. The third-order valence-electron chi connectivity index (χ3n) is 4.99. The predicted molar refractivity (Wildman–Crippen MR) is 112 cm³/mol. The van der Waals surface area contributed by atoms with Gasteiger partial charge in [-0.1, -0.05) is 12.1 Å². The summed E-state index contributed by atoms with van der Waals surface area (Å²) in [5, 5.41) is 5.59. The number of nitrogens with one attached hydrogen (secondary N) is 2. The molecule has 1 aliphatic carbocycles. The highest BCUT2D eigenvalue weighted by atomic mass is 32.2. The number of urea groups is 1. The fourth-order valence-corrected chi connectivity index (χ4v) is 3.50. The molecule has 1 aliphatic rings. The predicted octanol–water partition coefficient (Wildman–Crippen LogP) is 3.21. The number of benzene rings is 2. The number of amides is 3. The normalized spacial score (nSPS) is 14.7. The molecule has 0 bridgehead atoms. The smallest absolute Gasteiger partial charge is 0.319 e. The Morgan fingerprint density at radius 1 is 1.03 bits per heavy atom. The summed E-state index contributed by atoms with van der Waals surface area (Å²) in [7, 11) is -1.55. The highest BCUT2D eigenvalue weighted by molar-refractivity contribution is 7.90. The van der Waals surface area contributed by atoms with Crippen molar-refractivity contribution in [1.29, 1.82) is 0 Å². The maximum atomic E-state index is 12.8. The van der Waals surface area contributed by atoms with Crippen molar-refractivity contribution in [2.24, 2.45) is 0 Å². The monoisotopic (exact) mass is 415 g/mol. The van der Waals surface area contributed by atoms with Crippen molar-refractivity contribution in [2.75, 3.05) is 18.6 Å². The van der Waals surface area contributed by atoms with E-state index in [9.17, 15) is 18.0 Å². The molecule has 8 heteroatoms. The second kappa shape index (κ2) is 8.24. The maximum absolute atomic E-state index is 12.8. The van der Waals surface area contributed by atoms with Gasteiger partial charge in [-0.2, -0.15) is 0 Å². The van der Waals surface area contributed by atoms with E-state index in [1.165, 1.54) is 0 Å². The molecule has 1 unspecified atom stereocenters. The summed E-state index contributed by atoms with van der Waals surface area (Å²) in [6.07, 6.45) is 3.19. The van der Waals surface area contributed by atoms with Gasteiger partial charge in [-0.15, -0.1) is 0 Å². The van der Waals surface area contributed by atoms with Gasteiger partial charge in [-0.05, 0) is 61.7 Å². The average molecular weight is 416 g/mol. The summed E-state index contributed by atoms with van der Waals surface area (Å²) in [6.45, 7) is 1.88. The molecule has 0 aliphatic heterocycles. The first-order valence-corrected chi connectivity index (χ1v) is 11.3. The minimum atomic E-state index is -3.26. The highest BCUT2D eigenvalue weighted by Gasteiger charge is 2.23. The quantitative estimate of drug-likeness (QED) is 0.757. The van der Waals surface area contributed by atoms with Crippen molar-refractivity contribution in [3.8, 4) is 0 Å². The van der Waals surface area contributed by atoms with E-state index in [0.717, 1.165) is 24.7 Å². The summed E-state index contributed by atoms with van der Waals surface area (Å²) in [4.78, 5) is 26.4. The van der Waals surface area contributed by atoms with Crippen molar-refractivity contribution >= 4 is 27.5 Å². The van der Waals surface area contributed by atoms with Gasteiger partial charge in [0.1, 0.15) is 0 Å². The molecule has 0 aromatic heterocycles. The van der Waals surface area contributed by atoms with Crippen LogP contribution in [0, 0.1) is 0 Å². The topological polar surface area (TPSA) is 95.6 Å². The van der Waals surface area contributed by atoms with Gasteiger partial charge in [0, 0.05) is 30.6 Å². The van der Waals surface area contributed by atoms with E-state index < -0.39 is 9.84 Å². The molecule has 0 saturated heterocycles. The second-order valence-corrected chi connectivity index (χ2v) is 9.40. The molecule has 3 rings (SSSR count). The van der Waals surface area contributed by atoms with Crippen molar-refractivity contribution < 1.29 is 18.0 Å². The number of hydrogen-bond acceptors (Lipinski definition) is 4. The Morgan fingerprint density at radius 2 is 1.62 bits per heavy atom. The van der Waals surface area contributed by atoms with Crippen LogP contribution in [-0.4, -0.2) is 44.6 Å². The molecular formula is C21H25N3O4S. The molecule has 1 atom stereocenters. The van der Waals surface area contributed by atoms with E-state index in [2.05, 4.69) is 10.6 Å². The first kappa shape index (κ1) is 20.9. The molecule has 29 heavy (non-hydrogen) atoms. The Balaban J connectivity index is 1.64. The molecule has 0 spiro atoms. The van der Waals surface area contributed by atoms with E-state index in [-0.39, 0.29) is 28.9 Å². The number of sulfone groups is 1. The van der Waals surface area contributed by atoms with Crippen LogP contribution in [0.25, 0.3) is 0 Å². The fourth-order valence-electron chi connectivity index (χ4n) is 2.87. The molecule has 3 amide bonds. The number of anilines is 1. The van der Waals surface area contributed by atoms with Gasteiger partial charge in [0.2, 0.25) is 0 Å². The van der Waals surface area contributed by atoms with Gasteiger partial charge in [0.15, 0.2) is 9.84 Å². The minimum absolute atomic E-state index is 0.168. The van der Waals surface area contributed by atoms with Crippen molar-refractivity contribution in [1.82, 2.24) is 10.2 Å². The first-order chi connectivity index (χ1) is 13.6. The van der Waals surface area contributed by atoms with Crippen molar-refractivity contribution in [3.05, 3.63) is 59.7 Å². The maximum Gasteiger partial charge on any atom is 0.319 e. The summed E-state index contributed by atoms with van der Waals surface area (Å²) in [5.74, 6) is -0.168. The lowest BCUT2D eigenvalue weighted by atomic mass is 10.1. The average Bonchev–Trinajstić information content (AvgIpc) is 3.50. The minimum Gasteiger partial charge on any atom is -0.335 e. The third-order valence-corrected chi connectivity index (χ3v) is 6.12. The van der Waals surface area contributed by atoms with Crippen LogP contribution in [0.5, 0.6) is 0 Å². The molecular weight excluding hydrogens is 390 g/mol. The molecule has 7 nitrogen and oxygen atoms in total. The summed E-state index contributed by atoms with van der Waals surface area (Å²) < 4.78 is 23.2. The first-order valence-electron chi connectivity index (χ1n) is 9.40. The second-order valence-electron chi connectivity index (χ2n) is 7.38. The standard InChI is InChI=1S/C21H25N3O4S/c1-14(15-6-12-19(13-7-15)29(3,27)28)24(2)20(25)16-4-8-17(9-5-16)22-21(26)23-18-10-11-18/h4-9,12-14,18H,10-11H2,1-3H3,(H2,22,23,26). The number of nitrogens with zero attached hydrogens (tertiary/aromatic N) is 1. The summed E-state index contributed by atoms with van der Waals surface area (Å²) in [6, 6.07) is 13.1. The number of hydrogen-bond donors (Lipinski definition) is 2. The van der Waals surface area contributed by atoms with Crippen LogP contribution in [0.15, 0.2) is 53.4 Å². The highest BCUT2D eigenvalue weighted by Crippen LogP contribution is 2.23. The van der Waals surface area contributed by atoms with Gasteiger partial charge in [0.25, 0.3) is 5.91 Å². The van der Waals surface area contributed by atoms with Gasteiger partial charge in [-0.3, -0.25) is 4.79 Å². The third kappa shape index (κ3) is 5.35. The van der Waals surface area contributed by atoms with Crippen LogP contribution in [0.1, 0.15) is 41.7 Å².